The number of nitrogens with one attached hydrogen (secondary N) is 2. The van der Waals surface area contributed by atoms with Crippen LogP contribution in [0.25, 0.3) is 0 Å². The molecule has 1 amide bonds. The summed E-state index contributed by atoms with van der Waals surface area (Å²) in [6.07, 6.45) is 5.16. The smallest absolute Gasteiger partial charge is 0.305 e. The number of carboxylic acids is 1. The van der Waals surface area contributed by atoms with Crippen LogP contribution in [0.3, 0.4) is 0 Å². The maximum Gasteiger partial charge on any atom is 0.305 e. The van der Waals surface area contributed by atoms with Crippen LogP contribution in [0.5, 0.6) is 0 Å². The summed E-state index contributed by atoms with van der Waals surface area (Å²) in [5, 5.41) is 14.7. The molecule has 3 N–H and O–H groups in total. The van der Waals surface area contributed by atoms with Gasteiger partial charge < -0.3 is 15.7 Å². The van der Waals surface area contributed by atoms with Gasteiger partial charge in [-0.05, 0) is 12.8 Å². The van der Waals surface area contributed by atoms with Crippen molar-refractivity contribution in [3.8, 4) is 0 Å². The quantitative estimate of drug-likeness (QED) is 0.451. The van der Waals surface area contributed by atoms with Gasteiger partial charge in [-0.3, -0.25) is 9.59 Å². The minimum Gasteiger partial charge on any atom is -0.481 e. The molecule has 17 heavy (non-hydrogen) atoms. The number of carbonyl (C=O) groups excluding carboxylic acids is 1. The van der Waals surface area contributed by atoms with E-state index < -0.39 is 11.5 Å². The van der Waals surface area contributed by atoms with Crippen LogP contribution in [0, 0.1) is 0 Å². The summed E-state index contributed by atoms with van der Waals surface area (Å²) in [4.78, 5) is 22.5. The minimum atomic E-state index is -0.855. The highest BCUT2D eigenvalue weighted by Gasteiger charge is 2.37. The Labute approximate surface area is 101 Å². The molecule has 0 bridgehead atoms. The van der Waals surface area contributed by atoms with E-state index in [0.29, 0.717) is 6.54 Å². The molecule has 1 aliphatic carbocycles. The molecule has 0 aromatic carbocycles. The van der Waals surface area contributed by atoms with E-state index in [2.05, 4.69) is 17.2 Å². The Morgan fingerprint density at radius 3 is 2.53 bits per heavy atom. The van der Waals surface area contributed by atoms with E-state index in [0.717, 1.165) is 25.7 Å². The molecular weight excluding hydrogens is 220 g/mol. The molecule has 0 saturated heterocycles. The Balaban J connectivity index is 2.46. The average Bonchev–Trinajstić information content (AvgIpc) is 2.65. The highest BCUT2D eigenvalue weighted by molar-refractivity contribution is 5.80. The molecule has 0 aromatic heterocycles. The zero-order valence-corrected chi connectivity index (χ0v) is 10.00. The number of amides is 1. The molecule has 1 rings (SSSR count). The van der Waals surface area contributed by atoms with E-state index in [9.17, 15) is 9.59 Å². The lowest BCUT2D eigenvalue weighted by atomic mass is 9.93. The van der Waals surface area contributed by atoms with Crippen molar-refractivity contribution in [1.29, 1.82) is 0 Å². The summed E-state index contributed by atoms with van der Waals surface area (Å²) in [6.45, 7) is 4.31. The number of carbonyl (C=O) groups is 2. The van der Waals surface area contributed by atoms with Crippen LogP contribution in [-0.2, 0) is 9.59 Å². The third kappa shape index (κ3) is 4.56. The van der Waals surface area contributed by atoms with E-state index in [4.69, 9.17) is 5.11 Å². The Hall–Kier alpha value is -1.36. The van der Waals surface area contributed by atoms with Crippen LogP contribution < -0.4 is 10.6 Å². The van der Waals surface area contributed by atoms with Crippen molar-refractivity contribution in [2.24, 2.45) is 0 Å². The average molecular weight is 240 g/mol. The highest BCUT2D eigenvalue weighted by Crippen LogP contribution is 2.32. The summed E-state index contributed by atoms with van der Waals surface area (Å²) < 4.78 is 0. The van der Waals surface area contributed by atoms with Gasteiger partial charge in [0.25, 0.3) is 0 Å². The number of rotatable bonds is 7. The third-order valence-corrected chi connectivity index (χ3v) is 3.03. The molecular formula is C12H20N2O3. The molecule has 0 unspecified atom stereocenters. The van der Waals surface area contributed by atoms with Gasteiger partial charge in [0, 0.05) is 6.54 Å². The Bertz CT molecular complexity index is 296. The lowest BCUT2D eigenvalue weighted by Gasteiger charge is -2.28. The van der Waals surface area contributed by atoms with Gasteiger partial charge in [-0.2, -0.15) is 0 Å². The molecule has 0 aliphatic heterocycles. The summed E-state index contributed by atoms with van der Waals surface area (Å²) in [7, 11) is 0. The van der Waals surface area contributed by atoms with Crippen molar-refractivity contribution in [3.63, 3.8) is 0 Å². The van der Waals surface area contributed by atoms with Crippen molar-refractivity contribution >= 4 is 11.9 Å². The van der Waals surface area contributed by atoms with Gasteiger partial charge in [-0.1, -0.05) is 18.9 Å². The molecule has 1 fully saturated rings. The molecule has 0 aromatic rings. The standard InChI is InChI=1S/C12H20N2O3/c1-2-7-13-9-10(15)14-12(8-11(16)17)5-3-4-6-12/h2,13H,1,3-9H2,(H,14,15)(H,16,17). The molecule has 0 heterocycles. The summed E-state index contributed by atoms with van der Waals surface area (Å²) in [5.74, 6) is -0.999. The molecule has 0 atom stereocenters. The Morgan fingerprint density at radius 2 is 2.00 bits per heavy atom. The first-order valence-corrected chi connectivity index (χ1v) is 5.92. The van der Waals surface area contributed by atoms with E-state index in [1.165, 1.54) is 0 Å². The molecule has 96 valence electrons. The zero-order valence-electron chi connectivity index (χ0n) is 10.00. The van der Waals surface area contributed by atoms with E-state index in [1.807, 2.05) is 0 Å². The van der Waals surface area contributed by atoms with Gasteiger partial charge in [0.2, 0.25) is 5.91 Å². The minimum absolute atomic E-state index is 0.0141. The van der Waals surface area contributed by atoms with Crippen LogP contribution in [0.1, 0.15) is 32.1 Å². The molecule has 5 heteroatoms. The fourth-order valence-electron chi connectivity index (χ4n) is 2.31. The van der Waals surface area contributed by atoms with Gasteiger partial charge in [0.1, 0.15) is 0 Å². The van der Waals surface area contributed by atoms with Crippen LogP contribution in [-0.4, -0.2) is 35.6 Å². The number of hydrogen-bond donors (Lipinski definition) is 3. The van der Waals surface area contributed by atoms with E-state index in [-0.39, 0.29) is 18.9 Å². The first kappa shape index (κ1) is 13.7. The van der Waals surface area contributed by atoms with Crippen LogP contribution in [0.4, 0.5) is 0 Å². The monoisotopic (exact) mass is 240 g/mol. The topological polar surface area (TPSA) is 78.4 Å². The van der Waals surface area contributed by atoms with Crippen LogP contribution >= 0.6 is 0 Å². The largest absolute Gasteiger partial charge is 0.481 e. The maximum atomic E-state index is 11.7. The number of carboxylic acid groups (broad SMARTS) is 1. The first-order valence-electron chi connectivity index (χ1n) is 5.92. The summed E-state index contributed by atoms with van der Waals surface area (Å²) >= 11 is 0. The zero-order chi connectivity index (χ0) is 12.7. The van der Waals surface area contributed by atoms with Gasteiger partial charge in [-0.25, -0.2) is 0 Å². The highest BCUT2D eigenvalue weighted by atomic mass is 16.4. The van der Waals surface area contributed by atoms with Gasteiger partial charge in [0.15, 0.2) is 0 Å². The third-order valence-electron chi connectivity index (χ3n) is 3.03. The maximum absolute atomic E-state index is 11.7. The van der Waals surface area contributed by atoms with Gasteiger partial charge in [-0.15, -0.1) is 6.58 Å². The first-order chi connectivity index (χ1) is 8.08. The second-order valence-corrected chi connectivity index (χ2v) is 4.53. The lowest BCUT2D eigenvalue weighted by Crippen LogP contribution is -2.50. The van der Waals surface area contributed by atoms with Gasteiger partial charge in [0.05, 0.1) is 18.5 Å². The molecule has 1 aliphatic rings. The number of aliphatic carboxylic acids is 1. The van der Waals surface area contributed by atoms with Crippen molar-refractivity contribution in [1.82, 2.24) is 10.6 Å². The van der Waals surface area contributed by atoms with Gasteiger partial charge >= 0.3 is 5.97 Å². The predicted molar refractivity (Wildman–Crippen MR) is 64.7 cm³/mol. The SMILES string of the molecule is C=CCNCC(=O)NC1(CC(=O)O)CCCC1. The van der Waals surface area contributed by atoms with Crippen molar-refractivity contribution in [2.45, 2.75) is 37.6 Å². The predicted octanol–water partition coefficient (Wildman–Crippen LogP) is 0.666. The number of hydrogen-bond acceptors (Lipinski definition) is 3. The normalized spacial score (nSPS) is 17.6. The Kier molecular flexibility index (Phi) is 5.15. The fourth-order valence-corrected chi connectivity index (χ4v) is 2.31. The van der Waals surface area contributed by atoms with Crippen molar-refractivity contribution in [2.75, 3.05) is 13.1 Å². The molecule has 0 radical (unpaired) electrons. The van der Waals surface area contributed by atoms with E-state index >= 15 is 0 Å². The second kappa shape index (κ2) is 6.39. The molecule has 5 nitrogen and oxygen atoms in total. The fraction of sp³-hybridized carbons (Fsp3) is 0.667. The summed E-state index contributed by atoms with van der Waals surface area (Å²) in [6, 6.07) is 0. The van der Waals surface area contributed by atoms with Crippen LogP contribution in [0.15, 0.2) is 12.7 Å². The van der Waals surface area contributed by atoms with Crippen molar-refractivity contribution < 1.29 is 14.7 Å². The van der Waals surface area contributed by atoms with Crippen molar-refractivity contribution in [3.05, 3.63) is 12.7 Å². The second-order valence-electron chi connectivity index (χ2n) is 4.53. The molecule has 1 saturated carbocycles. The lowest BCUT2D eigenvalue weighted by molar-refractivity contribution is -0.139. The Morgan fingerprint density at radius 1 is 1.35 bits per heavy atom. The molecule has 0 spiro atoms. The van der Waals surface area contributed by atoms with Crippen LogP contribution in [0.2, 0.25) is 0 Å². The summed E-state index contributed by atoms with van der Waals surface area (Å²) in [5.41, 5.74) is -0.529. The van der Waals surface area contributed by atoms with E-state index in [1.54, 1.807) is 6.08 Å².